The quantitative estimate of drug-likeness (QED) is 0.698. The molecule has 0 amide bonds. The second-order valence-corrected chi connectivity index (χ2v) is 3.35. The second-order valence-electron chi connectivity index (χ2n) is 3.35. The van der Waals surface area contributed by atoms with Gasteiger partial charge >= 0.3 is 0 Å². The summed E-state index contributed by atoms with van der Waals surface area (Å²) in [5, 5.41) is 0. The summed E-state index contributed by atoms with van der Waals surface area (Å²) in [6.07, 6.45) is 4.00. The lowest BCUT2D eigenvalue weighted by atomic mass is 9.92. The minimum Gasteiger partial charge on any atom is -0.327 e. The smallest absolute Gasteiger partial charge is 0.123 e. The maximum Gasteiger partial charge on any atom is 0.123 e. The lowest BCUT2D eigenvalue weighted by molar-refractivity contribution is 0.626. The summed E-state index contributed by atoms with van der Waals surface area (Å²) < 4.78 is 12.9. The highest BCUT2D eigenvalue weighted by Crippen LogP contribution is 2.23. The van der Waals surface area contributed by atoms with E-state index in [0.717, 1.165) is 18.4 Å². The van der Waals surface area contributed by atoms with Crippen LogP contribution in [0.15, 0.2) is 23.8 Å². The minimum absolute atomic E-state index is 0.173. The zero-order valence-electron chi connectivity index (χ0n) is 7.39. The Kier molecular flexibility index (Phi) is 2.15. The fourth-order valence-electron chi connectivity index (χ4n) is 1.68. The van der Waals surface area contributed by atoms with Crippen molar-refractivity contribution in [2.24, 2.45) is 5.73 Å². The van der Waals surface area contributed by atoms with Gasteiger partial charge in [-0.15, -0.1) is 0 Å². The highest BCUT2D eigenvalue weighted by atomic mass is 19.1. The molecule has 0 unspecified atom stereocenters. The number of hydrogen-bond donors (Lipinski definition) is 1. The molecule has 2 rings (SSSR count). The first-order valence-corrected chi connectivity index (χ1v) is 4.47. The first kappa shape index (κ1) is 8.45. The third-order valence-corrected chi connectivity index (χ3v) is 2.45. The van der Waals surface area contributed by atoms with Gasteiger partial charge in [0.15, 0.2) is 0 Å². The summed E-state index contributed by atoms with van der Waals surface area (Å²) in [6, 6.07) is 4.94. The van der Waals surface area contributed by atoms with Crippen LogP contribution >= 0.6 is 0 Å². The highest BCUT2D eigenvalue weighted by Gasteiger charge is 2.09. The van der Waals surface area contributed by atoms with Crippen LogP contribution in [0.3, 0.4) is 0 Å². The van der Waals surface area contributed by atoms with E-state index in [4.69, 9.17) is 5.73 Å². The van der Waals surface area contributed by atoms with Crippen molar-refractivity contribution in [3.05, 3.63) is 40.7 Å². The number of fused-ring (bicyclic) bond motifs is 1. The standard InChI is InChI=1S/C11H12FN/c12-11-4-3-9-2-1-8(7-13)5-10(9)6-11/h3-6H,1-2,7,13H2. The van der Waals surface area contributed by atoms with Crippen LogP contribution in [-0.4, -0.2) is 6.54 Å². The molecule has 0 saturated heterocycles. The van der Waals surface area contributed by atoms with Crippen molar-refractivity contribution in [3.63, 3.8) is 0 Å². The van der Waals surface area contributed by atoms with Crippen LogP contribution in [0.2, 0.25) is 0 Å². The summed E-state index contributed by atoms with van der Waals surface area (Å²) in [7, 11) is 0. The molecule has 0 bridgehead atoms. The second kappa shape index (κ2) is 3.30. The molecule has 1 aliphatic rings. The van der Waals surface area contributed by atoms with Gasteiger partial charge in [0.2, 0.25) is 0 Å². The number of aryl methyl sites for hydroxylation is 1. The Morgan fingerprint density at radius 2 is 2.15 bits per heavy atom. The molecule has 1 aromatic carbocycles. The summed E-state index contributed by atoms with van der Waals surface area (Å²) >= 11 is 0. The minimum atomic E-state index is -0.173. The molecule has 0 aliphatic heterocycles. The summed E-state index contributed by atoms with van der Waals surface area (Å²) in [5.74, 6) is -0.173. The predicted molar refractivity (Wildman–Crippen MR) is 51.8 cm³/mol. The highest BCUT2D eigenvalue weighted by molar-refractivity contribution is 5.59. The molecule has 2 N–H and O–H groups in total. The summed E-state index contributed by atoms with van der Waals surface area (Å²) in [6.45, 7) is 0.579. The molecule has 0 atom stereocenters. The van der Waals surface area contributed by atoms with E-state index in [0.29, 0.717) is 6.54 Å². The fraction of sp³-hybridized carbons (Fsp3) is 0.273. The van der Waals surface area contributed by atoms with Gasteiger partial charge in [-0.05, 0) is 36.1 Å². The predicted octanol–water partition coefficient (Wildman–Crippen LogP) is 2.11. The normalized spacial score (nSPS) is 15.1. The lowest BCUT2D eigenvalue weighted by Gasteiger charge is -2.14. The molecule has 13 heavy (non-hydrogen) atoms. The van der Waals surface area contributed by atoms with Gasteiger partial charge in [0.1, 0.15) is 5.82 Å². The number of rotatable bonds is 1. The van der Waals surface area contributed by atoms with Crippen LogP contribution in [0.1, 0.15) is 17.5 Å². The average molecular weight is 177 g/mol. The maximum absolute atomic E-state index is 12.9. The van der Waals surface area contributed by atoms with Crippen LogP contribution in [-0.2, 0) is 6.42 Å². The Labute approximate surface area is 77.1 Å². The number of hydrogen-bond acceptors (Lipinski definition) is 1. The van der Waals surface area contributed by atoms with Gasteiger partial charge in [-0.3, -0.25) is 0 Å². The molecule has 68 valence electrons. The van der Waals surface area contributed by atoms with E-state index in [1.54, 1.807) is 6.07 Å². The molecule has 0 aromatic heterocycles. The molecule has 1 nitrogen and oxygen atoms in total. The molecule has 0 fully saturated rings. The average Bonchev–Trinajstić information content (AvgIpc) is 2.16. The Hall–Kier alpha value is -1.15. The molecule has 0 spiro atoms. The van der Waals surface area contributed by atoms with Crippen molar-refractivity contribution in [2.75, 3.05) is 6.54 Å². The molecule has 0 radical (unpaired) electrons. The van der Waals surface area contributed by atoms with Gasteiger partial charge in [-0.25, -0.2) is 4.39 Å². The van der Waals surface area contributed by atoms with Crippen LogP contribution < -0.4 is 5.73 Å². The summed E-state index contributed by atoms with van der Waals surface area (Å²) in [5.41, 5.74) is 8.96. The van der Waals surface area contributed by atoms with Gasteiger partial charge in [0.25, 0.3) is 0 Å². The lowest BCUT2D eigenvalue weighted by Crippen LogP contribution is -2.08. The largest absolute Gasteiger partial charge is 0.327 e. The van der Waals surface area contributed by atoms with Crippen LogP contribution in [0, 0.1) is 5.82 Å². The third-order valence-electron chi connectivity index (χ3n) is 2.45. The monoisotopic (exact) mass is 177 g/mol. The fourth-order valence-corrected chi connectivity index (χ4v) is 1.68. The Bertz CT molecular complexity index is 355. The number of halogens is 1. The van der Waals surface area contributed by atoms with Crippen molar-refractivity contribution in [1.29, 1.82) is 0 Å². The molecular formula is C11H12FN. The number of nitrogens with two attached hydrogens (primary N) is 1. The van der Waals surface area contributed by atoms with Crippen LogP contribution in [0.25, 0.3) is 6.08 Å². The maximum atomic E-state index is 12.9. The molecule has 0 heterocycles. The van der Waals surface area contributed by atoms with E-state index >= 15 is 0 Å². The van der Waals surface area contributed by atoms with Gasteiger partial charge in [-0.1, -0.05) is 17.7 Å². The van der Waals surface area contributed by atoms with E-state index in [1.807, 2.05) is 12.1 Å². The zero-order valence-corrected chi connectivity index (χ0v) is 7.39. The first-order valence-electron chi connectivity index (χ1n) is 4.47. The summed E-state index contributed by atoms with van der Waals surface area (Å²) in [4.78, 5) is 0. The third kappa shape index (κ3) is 1.63. The van der Waals surface area contributed by atoms with Crippen molar-refractivity contribution in [2.45, 2.75) is 12.8 Å². The van der Waals surface area contributed by atoms with Gasteiger partial charge in [0.05, 0.1) is 0 Å². The van der Waals surface area contributed by atoms with Crippen molar-refractivity contribution < 1.29 is 4.39 Å². The van der Waals surface area contributed by atoms with Crippen LogP contribution in [0.5, 0.6) is 0 Å². The first-order chi connectivity index (χ1) is 6.29. The number of benzene rings is 1. The zero-order chi connectivity index (χ0) is 9.26. The Morgan fingerprint density at radius 3 is 2.92 bits per heavy atom. The van der Waals surface area contributed by atoms with Crippen molar-refractivity contribution in [1.82, 2.24) is 0 Å². The van der Waals surface area contributed by atoms with E-state index in [-0.39, 0.29) is 5.82 Å². The molecule has 2 heteroatoms. The van der Waals surface area contributed by atoms with Crippen molar-refractivity contribution >= 4 is 6.08 Å². The van der Waals surface area contributed by atoms with E-state index in [2.05, 4.69) is 0 Å². The van der Waals surface area contributed by atoms with Gasteiger partial charge in [0, 0.05) is 6.54 Å². The van der Waals surface area contributed by atoms with Gasteiger partial charge < -0.3 is 5.73 Å². The van der Waals surface area contributed by atoms with Crippen LogP contribution in [0.4, 0.5) is 4.39 Å². The molecular weight excluding hydrogens is 165 g/mol. The van der Waals surface area contributed by atoms with Gasteiger partial charge in [-0.2, -0.15) is 0 Å². The molecule has 1 aliphatic carbocycles. The SMILES string of the molecule is NCC1=Cc2cc(F)ccc2CC1. The Balaban J connectivity index is 2.44. The Morgan fingerprint density at radius 1 is 1.31 bits per heavy atom. The molecule has 1 aromatic rings. The van der Waals surface area contributed by atoms with E-state index in [9.17, 15) is 4.39 Å². The van der Waals surface area contributed by atoms with E-state index < -0.39 is 0 Å². The molecule has 0 saturated carbocycles. The van der Waals surface area contributed by atoms with Crippen molar-refractivity contribution in [3.8, 4) is 0 Å². The topological polar surface area (TPSA) is 26.0 Å². The van der Waals surface area contributed by atoms with E-state index in [1.165, 1.54) is 17.2 Å².